The number of anilines is 2. The van der Waals surface area contributed by atoms with E-state index in [1.807, 2.05) is 36.4 Å². The molecule has 0 heterocycles. The average Bonchev–Trinajstić information content (AvgIpc) is 2.72. The number of hydrogen-bond donors (Lipinski definition) is 4. The van der Waals surface area contributed by atoms with Gasteiger partial charge in [0, 0.05) is 18.0 Å². The summed E-state index contributed by atoms with van der Waals surface area (Å²) in [5.74, 6) is 0.165. The molecule has 140 valence electrons. The van der Waals surface area contributed by atoms with Gasteiger partial charge in [0.25, 0.3) is 0 Å². The molecule has 0 aromatic heterocycles. The number of benzene rings is 3. The molecule has 0 fully saturated rings. The Labute approximate surface area is 164 Å². The van der Waals surface area contributed by atoms with Crippen LogP contribution < -0.4 is 5.32 Å². The van der Waals surface area contributed by atoms with Gasteiger partial charge in [-0.1, -0.05) is 42.5 Å². The van der Waals surface area contributed by atoms with Gasteiger partial charge in [-0.2, -0.15) is 5.11 Å². The molecule has 5 nitrogen and oxygen atoms in total. The smallest absolute Gasteiger partial charge is 0.117 e. The lowest BCUT2D eigenvalue weighted by Gasteiger charge is -2.13. The molecule has 3 aromatic rings. The first-order chi connectivity index (χ1) is 13.7. The summed E-state index contributed by atoms with van der Waals surface area (Å²) in [6.07, 6.45) is 4.77. The van der Waals surface area contributed by atoms with Crippen molar-refractivity contribution < 1.29 is 5.11 Å². The van der Waals surface area contributed by atoms with Crippen molar-refractivity contribution in [2.24, 2.45) is 5.11 Å². The Morgan fingerprint density at radius 2 is 1.82 bits per heavy atom. The number of nitrogens with zero attached hydrogens (tertiary/aromatic N) is 1. The van der Waals surface area contributed by atoms with Crippen LogP contribution in [-0.2, 0) is 6.42 Å². The summed E-state index contributed by atoms with van der Waals surface area (Å²) in [6.45, 7) is 0. The number of aromatic hydroxyl groups is 1. The molecule has 0 amide bonds. The second-order valence-corrected chi connectivity index (χ2v) is 6.36. The zero-order valence-electron chi connectivity index (χ0n) is 15.4. The van der Waals surface area contributed by atoms with Crippen molar-refractivity contribution in [3.8, 4) is 5.75 Å². The Balaban J connectivity index is 1.87. The van der Waals surface area contributed by atoms with E-state index in [4.69, 9.17) is 10.9 Å². The number of hydrogen-bond acceptors (Lipinski definition) is 5. The Kier molecular flexibility index (Phi) is 6.31. The predicted molar refractivity (Wildman–Crippen MR) is 114 cm³/mol. The summed E-state index contributed by atoms with van der Waals surface area (Å²) in [4.78, 5) is 0. The fourth-order valence-corrected chi connectivity index (χ4v) is 3.02. The summed E-state index contributed by atoms with van der Waals surface area (Å²) < 4.78 is 0. The van der Waals surface area contributed by atoms with Gasteiger partial charge in [-0.05, 0) is 59.9 Å². The minimum Gasteiger partial charge on any atom is -0.508 e. The van der Waals surface area contributed by atoms with Crippen molar-refractivity contribution in [2.45, 2.75) is 12.8 Å². The molecule has 0 unspecified atom stereocenters. The molecule has 3 rings (SSSR count). The van der Waals surface area contributed by atoms with Gasteiger partial charge >= 0.3 is 0 Å². The standard InChI is InChI=1S/C23H22N4O/c24-14-13-18(10-9-17-5-2-1-3-6-17)19-11-12-22(27-25)23(15-19)26-20-7-4-8-21(28)16-20/h1-8,11-16,24-26,28H,9-10H2/b18-13+,24-14?,27-25?. The average molecular weight is 370 g/mol. The van der Waals surface area contributed by atoms with Crippen molar-refractivity contribution in [3.63, 3.8) is 0 Å². The second kappa shape index (κ2) is 9.28. The van der Waals surface area contributed by atoms with E-state index in [2.05, 4.69) is 22.6 Å². The van der Waals surface area contributed by atoms with Crippen LogP contribution in [0.3, 0.4) is 0 Å². The van der Waals surface area contributed by atoms with Crippen LogP contribution >= 0.6 is 0 Å². The van der Waals surface area contributed by atoms with Gasteiger partial charge in [-0.25, -0.2) is 5.53 Å². The fraction of sp³-hybridized carbons (Fsp3) is 0.0870. The van der Waals surface area contributed by atoms with E-state index in [9.17, 15) is 5.11 Å². The highest BCUT2D eigenvalue weighted by Gasteiger charge is 2.08. The summed E-state index contributed by atoms with van der Waals surface area (Å²) >= 11 is 0. The Bertz CT molecular complexity index is 996. The van der Waals surface area contributed by atoms with Crippen LogP contribution in [-0.4, -0.2) is 11.3 Å². The molecule has 0 spiro atoms. The van der Waals surface area contributed by atoms with Gasteiger partial charge < -0.3 is 15.8 Å². The maximum Gasteiger partial charge on any atom is 0.117 e. The molecule has 28 heavy (non-hydrogen) atoms. The van der Waals surface area contributed by atoms with Crippen LogP contribution in [0.5, 0.6) is 5.75 Å². The van der Waals surface area contributed by atoms with Crippen molar-refractivity contribution in [3.05, 3.63) is 90.0 Å². The largest absolute Gasteiger partial charge is 0.508 e. The van der Waals surface area contributed by atoms with Crippen LogP contribution in [0.1, 0.15) is 17.5 Å². The molecule has 0 aliphatic carbocycles. The maximum absolute atomic E-state index is 9.67. The predicted octanol–water partition coefficient (Wildman–Crippen LogP) is 6.46. The van der Waals surface area contributed by atoms with Gasteiger partial charge in [0.2, 0.25) is 0 Å². The lowest BCUT2D eigenvalue weighted by Crippen LogP contribution is -1.95. The minimum absolute atomic E-state index is 0.165. The highest BCUT2D eigenvalue weighted by atomic mass is 16.3. The van der Waals surface area contributed by atoms with Gasteiger partial charge in [0.05, 0.1) is 5.69 Å². The monoisotopic (exact) mass is 370 g/mol. The van der Waals surface area contributed by atoms with E-state index in [0.29, 0.717) is 17.1 Å². The molecule has 3 aromatic carbocycles. The summed E-state index contributed by atoms with van der Waals surface area (Å²) in [5, 5.41) is 24.0. The second-order valence-electron chi connectivity index (χ2n) is 6.36. The van der Waals surface area contributed by atoms with Crippen molar-refractivity contribution in [1.29, 1.82) is 10.9 Å². The topological polar surface area (TPSA) is 92.3 Å². The van der Waals surface area contributed by atoms with Crippen LogP contribution in [0, 0.1) is 10.9 Å². The molecule has 0 radical (unpaired) electrons. The Morgan fingerprint density at radius 1 is 1.00 bits per heavy atom. The van der Waals surface area contributed by atoms with Crippen LogP contribution in [0.4, 0.5) is 17.1 Å². The van der Waals surface area contributed by atoms with Gasteiger partial charge in [0.15, 0.2) is 0 Å². The third-order valence-electron chi connectivity index (χ3n) is 4.42. The van der Waals surface area contributed by atoms with Gasteiger partial charge in [-0.15, -0.1) is 0 Å². The first-order valence-corrected chi connectivity index (χ1v) is 9.01. The third kappa shape index (κ3) is 4.92. The van der Waals surface area contributed by atoms with Crippen LogP contribution in [0.25, 0.3) is 5.57 Å². The van der Waals surface area contributed by atoms with E-state index in [0.717, 1.165) is 24.0 Å². The molecule has 0 atom stereocenters. The number of allylic oxidation sites excluding steroid dienone is 2. The van der Waals surface area contributed by atoms with Crippen molar-refractivity contribution in [1.82, 2.24) is 0 Å². The molecule has 0 bridgehead atoms. The highest BCUT2D eigenvalue weighted by molar-refractivity contribution is 5.85. The lowest BCUT2D eigenvalue weighted by molar-refractivity contribution is 0.475. The number of aryl methyl sites for hydroxylation is 1. The Hall–Kier alpha value is -3.73. The number of phenols is 1. The van der Waals surface area contributed by atoms with Gasteiger partial charge in [-0.3, -0.25) is 0 Å². The Morgan fingerprint density at radius 3 is 2.54 bits per heavy atom. The molecule has 0 aliphatic rings. The molecular formula is C23H22N4O. The number of rotatable bonds is 8. The first kappa shape index (κ1) is 19.0. The SMILES string of the molecule is N=C/C=C(\CCc1ccccc1)c1ccc(N=N)c(Nc2cccc(O)c2)c1. The number of nitrogens with one attached hydrogen (secondary N) is 3. The highest BCUT2D eigenvalue weighted by Crippen LogP contribution is 2.33. The van der Waals surface area contributed by atoms with Crippen molar-refractivity contribution >= 4 is 28.8 Å². The maximum atomic E-state index is 9.67. The first-order valence-electron chi connectivity index (χ1n) is 9.01. The van der Waals surface area contributed by atoms with E-state index < -0.39 is 0 Å². The van der Waals surface area contributed by atoms with Crippen LogP contribution in [0.2, 0.25) is 0 Å². The minimum atomic E-state index is 0.165. The fourth-order valence-electron chi connectivity index (χ4n) is 3.02. The molecular weight excluding hydrogens is 348 g/mol. The van der Waals surface area contributed by atoms with Crippen LogP contribution in [0.15, 0.2) is 84.0 Å². The van der Waals surface area contributed by atoms with E-state index in [1.54, 1.807) is 30.3 Å². The summed E-state index contributed by atoms with van der Waals surface area (Å²) in [7, 11) is 0. The molecule has 0 saturated heterocycles. The molecule has 0 saturated carbocycles. The summed E-state index contributed by atoms with van der Waals surface area (Å²) in [6, 6.07) is 22.7. The third-order valence-corrected chi connectivity index (χ3v) is 4.42. The summed E-state index contributed by atoms with van der Waals surface area (Å²) in [5.41, 5.74) is 12.6. The van der Waals surface area contributed by atoms with Gasteiger partial charge in [0.1, 0.15) is 11.4 Å². The molecule has 4 N–H and O–H groups in total. The van der Waals surface area contributed by atoms with E-state index in [1.165, 1.54) is 11.8 Å². The van der Waals surface area contributed by atoms with E-state index >= 15 is 0 Å². The quantitative estimate of drug-likeness (QED) is 0.270. The molecule has 5 heteroatoms. The lowest BCUT2D eigenvalue weighted by atomic mass is 9.97. The molecule has 0 aliphatic heterocycles. The van der Waals surface area contributed by atoms with E-state index in [-0.39, 0.29) is 5.75 Å². The number of phenolic OH excluding ortho intramolecular Hbond substituents is 1. The zero-order valence-corrected chi connectivity index (χ0v) is 15.4. The normalized spacial score (nSPS) is 11.1. The van der Waals surface area contributed by atoms with Crippen molar-refractivity contribution in [2.75, 3.05) is 5.32 Å². The zero-order chi connectivity index (χ0) is 19.8.